The molecule has 2 aromatic heterocycles. The number of hydrogen-bond donors (Lipinski definition) is 1. The van der Waals surface area contributed by atoms with Gasteiger partial charge in [-0.3, -0.25) is 4.98 Å². The molecule has 4 rings (SSSR count). The van der Waals surface area contributed by atoms with E-state index in [9.17, 15) is 13.2 Å². The summed E-state index contributed by atoms with van der Waals surface area (Å²) in [4.78, 5) is 10.9. The van der Waals surface area contributed by atoms with E-state index >= 15 is 0 Å². The predicted molar refractivity (Wildman–Crippen MR) is 122 cm³/mol. The lowest BCUT2D eigenvalue weighted by Crippen LogP contribution is -2.21. The third-order valence-corrected chi connectivity index (χ3v) is 5.33. The van der Waals surface area contributed by atoms with Crippen molar-refractivity contribution in [3.63, 3.8) is 0 Å². The first-order valence-electron chi connectivity index (χ1n) is 9.93. The minimum Gasteiger partial charge on any atom is -0.369 e. The number of fused-ring (bicyclic) bond motifs is 1. The fraction of sp³-hybridized carbons (Fsp3) is 0.167. The van der Waals surface area contributed by atoms with Crippen LogP contribution in [-0.4, -0.2) is 42.1 Å². The van der Waals surface area contributed by atoms with E-state index in [1.54, 1.807) is 18.2 Å². The van der Waals surface area contributed by atoms with Crippen LogP contribution in [0.3, 0.4) is 0 Å². The van der Waals surface area contributed by atoms with E-state index in [0.29, 0.717) is 34.4 Å². The summed E-state index contributed by atoms with van der Waals surface area (Å²) in [5, 5.41) is 4.03. The maximum absolute atomic E-state index is 14.6. The second-order valence-corrected chi connectivity index (χ2v) is 7.97. The molecule has 0 aliphatic rings. The SMILES string of the molecule is CN(C)CCNc1cc(-c2ccc(F)cc2Cl)c2ccnc(-c3c(F)cccc3F)c2n1. The van der Waals surface area contributed by atoms with Crippen molar-refractivity contribution < 1.29 is 13.2 Å². The molecule has 0 aliphatic heterocycles. The standard InChI is InChI=1S/C24H20ClF3N4/c1-32(2)11-10-29-21-13-17(15-7-6-14(26)12-18(15)25)16-8-9-30-24(23(16)31-21)22-19(27)4-3-5-20(22)28/h3-9,12-13H,10-11H2,1-2H3,(H,29,31). The van der Waals surface area contributed by atoms with Gasteiger partial charge in [0.15, 0.2) is 0 Å². The van der Waals surface area contributed by atoms with Crippen molar-refractivity contribution >= 4 is 28.3 Å². The number of hydrogen-bond acceptors (Lipinski definition) is 4. The second kappa shape index (κ2) is 9.14. The zero-order valence-electron chi connectivity index (χ0n) is 17.5. The summed E-state index contributed by atoms with van der Waals surface area (Å²) in [6.07, 6.45) is 1.46. The highest BCUT2D eigenvalue weighted by molar-refractivity contribution is 6.33. The number of halogens is 4. The summed E-state index contributed by atoms with van der Waals surface area (Å²) in [5.74, 6) is -1.45. The van der Waals surface area contributed by atoms with Crippen LogP contribution in [0.25, 0.3) is 33.3 Å². The summed E-state index contributed by atoms with van der Waals surface area (Å²) >= 11 is 6.35. The molecule has 164 valence electrons. The Morgan fingerprint density at radius 2 is 1.72 bits per heavy atom. The minimum atomic E-state index is -0.737. The molecule has 0 spiro atoms. The van der Waals surface area contributed by atoms with E-state index in [2.05, 4.69) is 15.3 Å². The quantitative estimate of drug-likeness (QED) is 0.386. The van der Waals surface area contributed by atoms with Crippen LogP contribution in [0.2, 0.25) is 5.02 Å². The lowest BCUT2D eigenvalue weighted by atomic mass is 9.99. The highest BCUT2D eigenvalue weighted by atomic mass is 35.5. The summed E-state index contributed by atoms with van der Waals surface area (Å²) in [5.41, 5.74) is 1.35. The molecule has 0 atom stereocenters. The third-order valence-electron chi connectivity index (χ3n) is 5.01. The average Bonchev–Trinajstić information content (AvgIpc) is 2.73. The summed E-state index contributed by atoms with van der Waals surface area (Å²) in [6.45, 7) is 1.33. The fourth-order valence-corrected chi connectivity index (χ4v) is 3.76. The van der Waals surface area contributed by atoms with E-state index in [4.69, 9.17) is 11.6 Å². The van der Waals surface area contributed by atoms with Gasteiger partial charge >= 0.3 is 0 Å². The molecule has 32 heavy (non-hydrogen) atoms. The van der Waals surface area contributed by atoms with E-state index in [0.717, 1.165) is 6.54 Å². The highest BCUT2D eigenvalue weighted by Crippen LogP contribution is 2.38. The van der Waals surface area contributed by atoms with Crippen LogP contribution < -0.4 is 5.32 Å². The third kappa shape index (κ3) is 4.40. The zero-order chi connectivity index (χ0) is 22.8. The Balaban J connectivity index is 1.98. The maximum Gasteiger partial charge on any atom is 0.135 e. The summed E-state index contributed by atoms with van der Waals surface area (Å²) in [6, 6.07) is 11.2. The van der Waals surface area contributed by atoms with Crippen molar-refractivity contribution in [3.8, 4) is 22.4 Å². The lowest BCUT2D eigenvalue weighted by molar-refractivity contribution is 0.425. The Kier molecular flexibility index (Phi) is 6.30. The first-order valence-corrected chi connectivity index (χ1v) is 10.3. The Morgan fingerprint density at radius 3 is 2.41 bits per heavy atom. The van der Waals surface area contributed by atoms with Gasteiger partial charge in [-0.05, 0) is 62.1 Å². The van der Waals surface area contributed by atoms with Crippen LogP contribution in [0.15, 0.2) is 54.7 Å². The molecule has 2 heterocycles. The first-order chi connectivity index (χ1) is 15.3. The van der Waals surface area contributed by atoms with Crippen molar-refractivity contribution in [1.29, 1.82) is 0 Å². The smallest absolute Gasteiger partial charge is 0.135 e. The minimum absolute atomic E-state index is 0.0776. The largest absolute Gasteiger partial charge is 0.369 e. The molecule has 0 amide bonds. The molecule has 0 saturated carbocycles. The molecule has 0 unspecified atom stereocenters. The van der Waals surface area contributed by atoms with E-state index < -0.39 is 17.5 Å². The van der Waals surface area contributed by atoms with Gasteiger partial charge in [0.1, 0.15) is 29.0 Å². The first kappa shape index (κ1) is 22.0. The van der Waals surface area contributed by atoms with Crippen molar-refractivity contribution in [3.05, 3.63) is 77.2 Å². The van der Waals surface area contributed by atoms with Gasteiger partial charge in [-0.15, -0.1) is 0 Å². The molecular weight excluding hydrogens is 437 g/mol. The van der Waals surface area contributed by atoms with Crippen molar-refractivity contribution in [2.75, 3.05) is 32.5 Å². The van der Waals surface area contributed by atoms with Crippen LogP contribution >= 0.6 is 11.6 Å². The van der Waals surface area contributed by atoms with Crippen molar-refractivity contribution in [1.82, 2.24) is 14.9 Å². The van der Waals surface area contributed by atoms with Gasteiger partial charge in [0.25, 0.3) is 0 Å². The summed E-state index contributed by atoms with van der Waals surface area (Å²) in [7, 11) is 3.89. The maximum atomic E-state index is 14.6. The molecule has 1 N–H and O–H groups in total. The Morgan fingerprint density at radius 1 is 0.969 bits per heavy atom. The lowest BCUT2D eigenvalue weighted by Gasteiger charge is -2.16. The van der Waals surface area contributed by atoms with Crippen LogP contribution in [0.1, 0.15) is 0 Å². The van der Waals surface area contributed by atoms with Gasteiger partial charge in [0.2, 0.25) is 0 Å². The van der Waals surface area contributed by atoms with Gasteiger partial charge in [-0.1, -0.05) is 17.7 Å². The van der Waals surface area contributed by atoms with Crippen LogP contribution in [-0.2, 0) is 0 Å². The fourth-order valence-electron chi connectivity index (χ4n) is 3.49. The number of benzene rings is 2. The molecule has 4 nitrogen and oxygen atoms in total. The summed E-state index contributed by atoms with van der Waals surface area (Å²) < 4.78 is 42.9. The molecule has 8 heteroatoms. The molecule has 0 aliphatic carbocycles. The predicted octanol–water partition coefficient (Wildman–Crippen LogP) is 6.01. The normalized spacial score (nSPS) is 11.3. The topological polar surface area (TPSA) is 41.0 Å². The number of pyridine rings is 2. The number of anilines is 1. The Labute approximate surface area is 188 Å². The number of rotatable bonds is 6. The molecule has 0 bridgehead atoms. The van der Waals surface area contributed by atoms with Gasteiger partial charge in [-0.25, -0.2) is 18.2 Å². The number of likely N-dealkylation sites (N-methyl/N-ethyl adjacent to an activating group) is 1. The van der Waals surface area contributed by atoms with Gasteiger partial charge in [-0.2, -0.15) is 0 Å². The van der Waals surface area contributed by atoms with Crippen LogP contribution in [0.4, 0.5) is 19.0 Å². The van der Waals surface area contributed by atoms with Gasteiger partial charge < -0.3 is 10.2 Å². The van der Waals surface area contributed by atoms with E-state index in [1.165, 1.54) is 36.5 Å². The van der Waals surface area contributed by atoms with Gasteiger partial charge in [0.05, 0.1) is 16.1 Å². The average molecular weight is 457 g/mol. The molecule has 0 fully saturated rings. The van der Waals surface area contributed by atoms with Crippen molar-refractivity contribution in [2.45, 2.75) is 0 Å². The molecule has 0 saturated heterocycles. The van der Waals surface area contributed by atoms with E-state index in [-0.39, 0.29) is 16.3 Å². The van der Waals surface area contributed by atoms with Crippen LogP contribution in [0.5, 0.6) is 0 Å². The van der Waals surface area contributed by atoms with Crippen LogP contribution in [0, 0.1) is 17.5 Å². The molecule has 2 aromatic carbocycles. The number of nitrogens with one attached hydrogen (secondary N) is 1. The molecule has 4 aromatic rings. The number of aromatic nitrogens is 2. The highest BCUT2D eigenvalue weighted by Gasteiger charge is 2.19. The second-order valence-electron chi connectivity index (χ2n) is 7.56. The van der Waals surface area contributed by atoms with E-state index in [1.807, 2.05) is 19.0 Å². The Bertz CT molecular complexity index is 1270. The molecular formula is C24H20ClF3N4. The molecule has 0 radical (unpaired) electrons. The zero-order valence-corrected chi connectivity index (χ0v) is 18.2. The van der Waals surface area contributed by atoms with Crippen molar-refractivity contribution in [2.24, 2.45) is 0 Å². The monoisotopic (exact) mass is 456 g/mol. The Hall–Kier alpha value is -3.16. The van der Waals surface area contributed by atoms with Gasteiger partial charge in [0, 0.05) is 30.2 Å². The number of nitrogens with zero attached hydrogens (tertiary/aromatic N) is 3.